The summed E-state index contributed by atoms with van der Waals surface area (Å²) in [6, 6.07) is 8.50. The molecule has 0 radical (unpaired) electrons. The Balaban J connectivity index is 1.55. The Bertz CT molecular complexity index is 1420. The molecule has 0 bridgehead atoms. The summed E-state index contributed by atoms with van der Waals surface area (Å²) in [7, 11) is 1.34. The van der Waals surface area contributed by atoms with Crippen LogP contribution in [0.4, 0.5) is 5.00 Å². The van der Waals surface area contributed by atoms with Gasteiger partial charge in [-0.2, -0.15) is 0 Å². The van der Waals surface area contributed by atoms with Crippen LogP contribution in [0, 0.1) is 27.7 Å². The largest absolute Gasteiger partial charge is 0.465 e. The van der Waals surface area contributed by atoms with E-state index in [-0.39, 0.29) is 11.7 Å². The first-order valence-corrected chi connectivity index (χ1v) is 14.1. The molecule has 4 rings (SSSR count). The number of carbonyl (C=O) groups is 2. The zero-order valence-corrected chi connectivity index (χ0v) is 23.5. The number of hydrogen-bond donors (Lipinski definition) is 1. The molecule has 1 amide bonds. The average molecular weight is 541 g/mol. The molecule has 4 aromatic rings. The van der Waals surface area contributed by atoms with Crippen LogP contribution < -0.4 is 5.32 Å². The topological polar surface area (TPSA) is 86.1 Å². The van der Waals surface area contributed by atoms with Crippen LogP contribution in [0.15, 0.2) is 34.8 Å². The Morgan fingerprint density at radius 1 is 1.08 bits per heavy atom. The Labute approximate surface area is 222 Å². The summed E-state index contributed by atoms with van der Waals surface area (Å²) in [5.74, 6) is 0.260. The normalized spacial score (nSPS) is 11.1. The molecular weight excluding hydrogens is 513 g/mol. The van der Waals surface area contributed by atoms with Gasteiger partial charge in [0.2, 0.25) is 5.91 Å². The molecule has 0 saturated heterocycles. The maximum Gasteiger partial charge on any atom is 0.341 e. The van der Waals surface area contributed by atoms with E-state index in [0.717, 1.165) is 33.0 Å². The molecule has 0 spiro atoms. The number of esters is 1. The highest BCUT2D eigenvalue weighted by Crippen LogP contribution is 2.39. The number of benzene rings is 1. The standard InChI is InChI=1S/C26H28N4O3S3/c1-7-30-23(19-12-34-17(5)22(19)18-10-8-14(2)9-11-18)28-29-26(30)35-13-20(31)27-24-21(25(32)33-6)15(3)16(4)36-24/h8-12H,7,13H2,1-6H3,(H,27,31). The molecule has 3 heterocycles. The second-order valence-electron chi connectivity index (χ2n) is 8.31. The van der Waals surface area contributed by atoms with Crippen molar-refractivity contribution in [3.8, 4) is 22.5 Å². The molecule has 1 N–H and O–H groups in total. The van der Waals surface area contributed by atoms with Crippen LogP contribution in [0.3, 0.4) is 0 Å². The quantitative estimate of drug-likeness (QED) is 0.203. The molecule has 10 heteroatoms. The molecule has 1 aromatic carbocycles. The lowest BCUT2D eigenvalue weighted by Gasteiger charge is -2.10. The summed E-state index contributed by atoms with van der Waals surface area (Å²) >= 11 is 4.39. The van der Waals surface area contributed by atoms with Crippen molar-refractivity contribution in [2.45, 2.75) is 46.3 Å². The average Bonchev–Trinajstić information content (AvgIpc) is 3.52. The molecule has 0 aliphatic heterocycles. The predicted molar refractivity (Wildman–Crippen MR) is 148 cm³/mol. The number of thiophene rings is 2. The minimum absolute atomic E-state index is 0.141. The lowest BCUT2D eigenvalue weighted by molar-refractivity contribution is -0.113. The van der Waals surface area contributed by atoms with Crippen molar-refractivity contribution in [1.82, 2.24) is 14.8 Å². The summed E-state index contributed by atoms with van der Waals surface area (Å²) in [5.41, 5.74) is 5.80. The van der Waals surface area contributed by atoms with Crippen LogP contribution in [0.2, 0.25) is 0 Å². The zero-order valence-electron chi connectivity index (χ0n) is 21.1. The fourth-order valence-electron chi connectivity index (χ4n) is 3.93. The number of methoxy groups -OCH3 is 1. The second-order valence-corrected chi connectivity index (χ2v) is 11.6. The Kier molecular flexibility index (Phi) is 7.97. The van der Waals surface area contributed by atoms with E-state index in [1.807, 2.05) is 25.3 Å². The van der Waals surface area contributed by atoms with Crippen LogP contribution in [0.25, 0.3) is 22.5 Å². The number of amides is 1. The van der Waals surface area contributed by atoms with Gasteiger partial charge in [0.25, 0.3) is 0 Å². The summed E-state index contributed by atoms with van der Waals surface area (Å²) in [5, 5.41) is 15.1. The van der Waals surface area contributed by atoms with Gasteiger partial charge in [-0.05, 0) is 45.7 Å². The van der Waals surface area contributed by atoms with Gasteiger partial charge in [0.15, 0.2) is 11.0 Å². The SMILES string of the molecule is CCn1c(SCC(=O)Nc2sc(C)c(C)c2C(=O)OC)nnc1-c1csc(C)c1-c1ccc(C)cc1. The number of nitrogens with zero attached hydrogens (tertiary/aromatic N) is 3. The lowest BCUT2D eigenvalue weighted by atomic mass is 10.0. The molecule has 7 nitrogen and oxygen atoms in total. The fraction of sp³-hybridized carbons (Fsp3) is 0.308. The van der Waals surface area contributed by atoms with Crippen molar-refractivity contribution in [1.29, 1.82) is 0 Å². The van der Waals surface area contributed by atoms with Gasteiger partial charge in [0.05, 0.1) is 18.4 Å². The summed E-state index contributed by atoms with van der Waals surface area (Å²) in [6.45, 7) is 10.7. The number of hydrogen-bond acceptors (Lipinski definition) is 8. The third-order valence-corrected chi connectivity index (χ3v) is 8.95. The van der Waals surface area contributed by atoms with Crippen LogP contribution in [-0.2, 0) is 16.1 Å². The van der Waals surface area contributed by atoms with Crippen LogP contribution in [-0.4, -0.2) is 39.5 Å². The van der Waals surface area contributed by atoms with Crippen molar-refractivity contribution < 1.29 is 14.3 Å². The lowest BCUT2D eigenvalue weighted by Crippen LogP contribution is -2.16. The maximum atomic E-state index is 12.8. The fourth-order valence-corrected chi connectivity index (χ4v) is 6.66. The molecule has 0 fully saturated rings. The molecule has 0 aliphatic rings. The summed E-state index contributed by atoms with van der Waals surface area (Å²) in [6.07, 6.45) is 0. The van der Waals surface area contributed by atoms with Gasteiger partial charge in [-0.3, -0.25) is 4.79 Å². The van der Waals surface area contributed by atoms with E-state index in [1.165, 1.54) is 40.6 Å². The van der Waals surface area contributed by atoms with E-state index >= 15 is 0 Å². The third-order valence-electron chi connectivity index (χ3n) is 5.95. The second kappa shape index (κ2) is 11.0. The molecule has 0 saturated carbocycles. The van der Waals surface area contributed by atoms with Crippen molar-refractivity contribution in [2.24, 2.45) is 0 Å². The van der Waals surface area contributed by atoms with Gasteiger partial charge in [-0.25, -0.2) is 4.79 Å². The first-order chi connectivity index (χ1) is 17.2. The molecule has 0 unspecified atom stereocenters. The van der Waals surface area contributed by atoms with Crippen LogP contribution >= 0.6 is 34.4 Å². The number of aromatic nitrogens is 3. The number of carbonyl (C=O) groups excluding carboxylic acids is 2. The van der Waals surface area contributed by atoms with Crippen molar-refractivity contribution in [3.63, 3.8) is 0 Å². The first kappa shape index (κ1) is 26.1. The van der Waals surface area contributed by atoms with Gasteiger partial charge in [0.1, 0.15) is 5.00 Å². The number of anilines is 1. The van der Waals surface area contributed by atoms with Crippen LogP contribution in [0.5, 0.6) is 0 Å². The maximum absolute atomic E-state index is 12.8. The first-order valence-electron chi connectivity index (χ1n) is 11.4. The number of aryl methyl sites for hydroxylation is 3. The smallest absolute Gasteiger partial charge is 0.341 e. The number of ether oxygens (including phenoxy) is 1. The van der Waals surface area contributed by atoms with Crippen molar-refractivity contribution in [2.75, 3.05) is 18.2 Å². The third kappa shape index (κ3) is 5.11. The summed E-state index contributed by atoms with van der Waals surface area (Å²) in [4.78, 5) is 27.2. The molecular formula is C26H28N4O3S3. The highest BCUT2D eigenvalue weighted by Gasteiger charge is 2.23. The van der Waals surface area contributed by atoms with E-state index in [0.29, 0.717) is 22.3 Å². The Morgan fingerprint density at radius 3 is 2.47 bits per heavy atom. The monoisotopic (exact) mass is 540 g/mol. The minimum atomic E-state index is -0.453. The van der Waals surface area contributed by atoms with E-state index in [9.17, 15) is 9.59 Å². The minimum Gasteiger partial charge on any atom is -0.465 e. The molecule has 0 aliphatic carbocycles. The highest BCUT2D eigenvalue weighted by molar-refractivity contribution is 7.99. The number of nitrogens with one attached hydrogen (secondary N) is 1. The summed E-state index contributed by atoms with van der Waals surface area (Å²) < 4.78 is 6.93. The van der Waals surface area contributed by atoms with Gasteiger partial charge < -0.3 is 14.6 Å². The number of rotatable bonds is 8. The molecule has 0 atom stereocenters. The molecule has 36 heavy (non-hydrogen) atoms. The Hall–Kier alpha value is -2.95. The molecule has 3 aromatic heterocycles. The van der Waals surface area contributed by atoms with E-state index in [2.05, 4.69) is 59.0 Å². The van der Waals surface area contributed by atoms with Gasteiger partial charge >= 0.3 is 5.97 Å². The van der Waals surface area contributed by atoms with E-state index < -0.39 is 5.97 Å². The Morgan fingerprint density at radius 2 is 1.81 bits per heavy atom. The van der Waals surface area contributed by atoms with Crippen molar-refractivity contribution >= 4 is 51.3 Å². The van der Waals surface area contributed by atoms with Gasteiger partial charge in [-0.1, -0.05) is 41.6 Å². The van der Waals surface area contributed by atoms with Crippen molar-refractivity contribution in [3.05, 3.63) is 56.1 Å². The van der Waals surface area contributed by atoms with E-state index in [1.54, 1.807) is 11.3 Å². The molecule has 188 valence electrons. The number of thioether (sulfide) groups is 1. The van der Waals surface area contributed by atoms with Gasteiger partial charge in [0, 0.05) is 32.8 Å². The highest BCUT2D eigenvalue weighted by atomic mass is 32.2. The predicted octanol–water partition coefficient (Wildman–Crippen LogP) is 6.51. The zero-order chi connectivity index (χ0) is 26.0. The van der Waals surface area contributed by atoms with E-state index in [4.69, 9.17) is 4.74 Å². The van der Waals surface area contributed by atoms with Crippen LogP contribution in [0.1, 0.15) is 38.2 Å². The van der Waals surface area contributed by atoms with Gasteiger partial charge in [-0.15, -0.1) is 32.9 Å².